The SMILES string of the molecule is CCCCNC(=O)c1ccc(OCC)c(COc2ccc(-c3ccccc3)cc2)c1. The van der Waals surface area contributed by atoms with Crippen molar-refractivity contribution in [2.24, 2.45) is 0 Å². The highest BCUT2D eigenvalue weighted by atomic mass is 16.5. The molecule has 1 amide bonds. The van der Waals surface area contributed by atoms with Gasteiger partial charge in [0, 0.05) is 17.7 Å². The average Bonchev–Trinajstić information content (AvgIpc) is 2.79. The summed E-state index contributed by atoms with van der Waals surface area (Å²) < 4.78 is 11.7. The molecule has 3 aromatic rings. The molecule has 0 fully saturated rings. The van der Waals surface area contributed by atoms with E-state index in [9.17, 15) is 4.79 Å². The van der Waals surface area contributed by atoms with E-state index in [2.05, 4.69) is 24.4 Å². The molecule has 0 unspecified atom stereocenters. The Labute approximate surface area is 178 Å². The molecule has 0 aliphatic rings. The molecule has 3 aromatic carbocycles. The Bertz CT molecular complexity index is 936. The van der Waals surface area contributed by atoms with Gasteiger partial charge >= 0.3 is 0 Å². The molecule has 3 rings (SSSR count). The van der Waals surface area contributed by atoms with Crippen LogP contribution in [0.3, 0.4) is 0 Å². The minimum Gasteiger partial charge on any atom is -0.493 e. The second-order valence-electron chi connectivity index (χ2n) is 7.04. The molecule has 0 saturated heterocycles. The summed E-state index contributed by atoms with van der Waals surface area (Å²) in [6, 6.07) is 23.7. The van der Waals surface area contributed by atoms with Crippen molar-refractivity contribution in [2.45, 2.75) is 33.3 Å². The van der Waals surface area contributed by atoms with Crippen molar-refractivity contribution in [3.63, 3.8) is 0 Å². The molecular formula is C26H29NO3. The van der Waals surface area contributed by atoms with Crippen LogP contribution in [0.5, 0.6) is 11.5 Å². The Morgan fingerprint density at radius 2 is 1.60 bits per heavy atom. The molecular weight excluding hydrogens is 374 g/mol. The third-order valence-electron chi connectivity index (χ3n) is 4.79. The first kappa shape index (κ1) is 21.4. The van der Waals surface area contributed by atoms with Gasteiger partial charge in [0.05, 0.1) is 6.61 Å². The maximum absolute atomic E-state index is 12.4. The summed E-state index contributed by atoms with van der Waals surface area (Å²) >= 11 is 0. The Balaban J connectivity index is 1.69. The molecule has 30 heavy (non-hydrogen) atoms. The van der Waals surface area contributed by atoms with Crippen LogP contribution >= 0.6 is 0 Å². The predicted octanol–water partition coefficient (Wildman–Crippen LogP) is 5.86. The predicted molar refractivity (Wildman–Crippen MR) is 121 cm³/mol. The van der Waals surface area contributed by atoms with E-state index in [1.807, 2.05) is 61.5 Å². The zero-order valence-corrected chi connectivity index (χ0v) is 17.7. The molecule has 0 aliphatic heterocycles. The zero-order valence-electron chi connectivity index (χ0n) is 17.7. The van der Waals surface area contributed by atoms with Crippen LogP contribution in [0, 0.1) is 0 Å². The number of hydrogen-bond acceptors (Lipinski definition) is 3. The second kappa shape index (κ2) is 11.1. The van der Waals surface area contributed by atoms with Crippen LogP contribution < -0.4 is 14.8 Å². The summed E-state index contributed by atoms with van der Waals surface area (Å²) in [7, 11) is 0. The third kappa shape index (κ3) is 5.86. The Kier molecular flexibility index (Phi) is 7.90. The van der Waals surface area contributed by atoms with Crippen molar-refractivity contribution >= 4 is 5.91 Å². The van der Waals surface area contributed by atoms with E-state index in [1.165, 1.54) is 5.56 Å². The van der Waals surface area contributed by atoms with Crippen molar-refractivity contribution in [1.29, 1.82) is 0 Å². The summed E-state index contributed by atoms with van der Waals surface area (Å²) in [4.78, 5) is 12.4. The molecule has 0 bridgehead atoms. The maximum atomic E-state index is 12.4. The van der Waals surface area contributed by atoms with Gasteiger partial charge in [-0.15, -0.1) is 0 Å². The molecule has 4 heteroatoms. The molecule has 1 N–H and O–H groups in total. The highest BCUT2D eigenvalue weighted by Crippen LogP contribution is 2.25. The van der Waals surface area contributed by atoms with E-state index >= 15 is 0 Å². The second-order valence-corrected chi connectivity index (χ2v) is 7.04. The number of hydrogen-bond donors (Lipinski definition) is 1. The highest BCUT2D eigenvalue weighted by molar-refractivity contribution is 5.94. The number of carbonyl (C=O) groups is 1. The lowest BCUT2D eigenvalue weighted by atomic mass is 10.1. The van der Waals surface area contributed by atoms with Crippen LogP contribution in [-0.2, 0) is 6.61 Å². The third-order valence-corrected chi connectivity index (χ3v) is 4.79. The van der Waals surface area contributed by atoms with Crippen LogP contribution in [0.1, 0.15) is 42.6 Å². The molecule has 0 spiro atoms. The van der Waals surface area contributed by atoms with Gasteiger partial charge in [-0.3, -0.25) is 4.79 Å². The van der Waals surface area contributed by atoms with Gasteiger partial charge in [0.25, 0.3) is 5.91 Å². The van der Waals surface area contributed by atoms with Crippen molar-refractivity contribution in [3.8, 4) is 22.6 Å². The normalized spacial score (nSPS) is 10.5. The van der Waals surface area contributed by atoms with Crippen LogP contribution in [0.4, 0.5) is 0 Å². The van der Waals surface area contributed by atoms with Gasteiger partial charge in [-0.05, 0) is 54.8 Å². The first-order valence-electron chi connectivity index (χ1n) is 10.5. The van der Waals surface area contributed by atoms with E-state index in [1.54, 1.807) is 6.07 Å². The summed E-state index contributed by atoms with van der Waals surface area (Å²) in [5.74, 6) is 1.44. The van der Waals surface area contributed by atoms with Crippen molar-refractivity contribution in [1.82, 2.24) is 5.32 Å². The summed E-state index contributed by atoms with van der Waals surface area (Å²) in [5.41, 5.74) is 3.79. The van der Waals surface area contributed by atoms with Crippen LogP contribution in [-0.4, -0.2) is 19.1 Å². The molecule has 0 aliphatic carbocycles. The van der Waals surface area contributed by atoms with Gasteiger partial charge < -0.3 is 14.8 Å². The molecule has 4 nitrogen and oxygen atoms in total. The van der Waals surface area contributed by atoms with Crippen LogP contribution in [0.25, 0.3) is 11.1 Å². The van der Waals surface area contributed by atoms with E-state index in [0.717, 1.165) is 35.5 Å². The molecule has 0 heterocycles. The number of rotatable bonds is 10. The Morgan fingerprint density at radius 1 is 0.867 bits per heavy atom. The number of carbonyl (C=O) groups excluding carboxylic acids is 1. The number of nitrogens with one attached hydrogen (secondary N) is 1. The van der Waals surface area contributed by atoms with E-state index < -0.39 is 0 Å². The molecule has 0 saturated carbocycles. The van der Waals surface area contributed by atoms with E-state index in [0.29, 0.717) is 25.3 Å². The van der Waals surface area contributed by atoms with Crippen LogP contribution in [0.2, 0.25) is 0 Å². The smallest absolute Gasteiger partial charge is 0.251 e. The van der Waals surface area contributed by atoms with Crippen molar-refractivity contribution < 1.29 is 14.3 Å². The summed E-state index contributed by atoms with van der Waals surface area (Å²) in [5, 5.41) is 2.95. The summed E-state index contributed by atoms with van der Waals surface area (Å²) in [6.45, 7) is 5.61. The average molecular weight is 404 g/mol. The van der Waals surface area contributed by atoms with Crippen LogP contribution in [0.15, 0.2) is 72.8 Å². The fourth-order valence-electron chi connectivity index (χ4n) is 3.15. The number of unbranched alkanes of at least 4 members (excludes halogenated alkanes) is 1. The van der Waals surface area contributed by atoms with Crippen molar-refractivity contribution in [2.75, 3.05) is 13.2 Å². The van der Waals surface area contributed by atoms with Gasteiger partial charge in [-0.25, -0.2) is 0 Å². The van der Waals surface area contributed by atoms with Gasteiger partial charge in [-0.2, -0.15) is 0 Å². The lowest BCUT2D eigenvalue weighted by Gasteiger charge is -2.14. The zero-order chi connectivity index (χ0) is 21.2. The number of amides is 1. The van der Waals surface area contributed by atoms with E-state index in [-0.39, 0.29) is 5.91 Å². The standard InChI is InChI=1S/C26H29NO3/c1-3-5-17-27-26(28)22-13-16-25(29-4-2)23(18-22)19-30-24-14-11-21(12-15-24)20-9-7-6-8-10-20/h6-16,18H,3-5,17,19H2,1-2H3,(H,27,28). The number of ether oxygens (including phenoxy) is 2. The highest BCUT2D eigenvalue weighted by Gasteiger charge is 2.11. The van der Waals surface area contributed by atoms with E-state index in [4.69, 9.17) is 9.47 Å². The molecule has 0 atom stereocenters. The molecule has 0 aromatic heterocycles. The fraction of sp³-hybridized carbons (Fsp3) is 0.269. The topological polar surface area (TPSA) is 47.6 Å². The molecule has 156 valence electrons. The summed E-state index contributed by atoms with van der Waals surface area (Å²) in [6.07, 6.45) is 2.02. The minimum atomic E-state index is -0.0695. The Morgan fingerprint density at radius 3 is 2.30 bits per heavy atom. The maximum Gasteiger partial charge on any atom is 0.251 e. The first-order valence-corrected chi connectivity index (χ1v) is 10.5. The lowest BCUT2D eigenvalue weighted by Crippen LogP contribution is -2.24. The van der Waals surface area contributed by atoms with Gasteiger partial charge in [0.1, 0.15) is 18.1 Å². The van der Waals surface area contributed by atoms with Crippen molar-refractivity contribution in [3.05, 3.63) is 83.9 Å². The number of benzene rings is 3. The fourth-order valence-corrected chi connectivity index (χ4v) is 3.15. The van der Waals surface area contributed by atoms with Gasteiger partial charge in [-0.1, -0.05) is 55.8 Å². The largest absolute Gasteiger partial charge is 0.493 e. The quantitative estimate of drug-likeness (QED) is 0.431. The monoisotopic (exact) mass is 403 g/mol. The molecule has 0 radical (unpaired) electrons. The first-order chi connectivity index (χ1) is 14.7. The lowest BCUT2D eigenvalue weighted by molar-refractivity contribution is 0.0953. The minimum absolute atomic E-state index is 0.0695. The Hall–Kier alpha value is -3.27. The van der Waals surface area contributed by atoms with Gasteiger partial charge in [0.2, 0.25) is 0 Å². The van der Waals surface area contributed by atoms with Gasteiger partial charge in [0.15, 0.2) is 0 Å².